The van der Waals surface area contributed by atoms with E-state index in [0.29, 0.717) is 0 Å². The van der Waals surface area contributed by atoms with Gasteiger partial charge in [0.25, 0.3) is 0 Å². The van der Waals surface area contributed by atoms with Crippen LogP contribution in [-0.2, 0) is 19.4 Å². The Bertz CT molecular complexity index is 2660. The second-order valence-corrected chi connectivity index (χ2v) is 16.0. The first-order chi connectivity index (χ1) is 35.8. The molecule has 9 aromatic heterocycles. The molecule has 0 saturated heterocycles. The van der Waals surface area contributed by atoms with E-state index in [4.69, 9.17) is 4.74 Å². The second-order valence-electron chi connectivity index (χ2n) is 16.0. The topological polar surface area (TPSA) is 162 Å². The predicted molar refractivity (Wildman–Crippen MR) is 288 cm³/mol. The highest BCUT2D eigenvalue weighted by molar-refractivity contribution is 5.78. The van der Waals surface area contributed by atoms with Gasteiger partial charge in [0.05, 0.1) is 40.0 Å². The lowest BCUT2D eigenvalue weighted by Crippen LogP contribution is -2.16. The van der Waals surface area contributed by atoms with Crippen molar-refractivity contribution in [1.29, 1.82) is 0 Å². The van der Waals surface area contributed by atoms with Gasteiger partial charge in [-0.25, -0.2) is 9.97 Å². The summed E-state index contributed by atoms with van der Waals surface area (Å²) in [4.78, 5) is 32.6. The SMILES string of the molecule is c1ccc2c(c1)CCNCC2.c1ccc2c(c1)CNCCO2.c1ccc2nnccc2c1.c1cnc2cccnc2c1.c1cnc2ccncc2c1.c1cnc2cnccc2c1.c1cnc2ncccc2c1. The van der Waals surface area contributed by atoms with E-state index in [0.717, 1.165) is 93.3 Å². The lowest BCUT2D eigenvalue weighted by atomic mass is 10.0. The van der Waals surface area contributed by atoms with Crippen LogP contribution in [0.4, 0.5) is 0 Å². The first kappa shape index (κ1) is 49.4. The van der Waals surface area contributed by atoms with Crippen LogP contribution >= 0.6 is 0 Å². The number of fused-ring (bicyclic) bond motifs is 7. The van der Waals surface area contributed by atoms with Crippen molar-refractivity contribution in [3.05, 3.63) is 249 Å². The summed E-state index contributed by atoms with van der Waals surface area (Å²) in [5.41, 5.74) is 9.91. The number of ether oxygens (including phenoxy) is 1. The summed E-state index contributed by atoms with van der Waals surface area (Å²) in [6.45, 7) is 4.91. The molecule has 0 saturated carbocycles. The Morgan fingerprint density at radius 3 is 1.54 bits per heavy atom. The third-order valence-electron chi connectivity index (χ3n) is 11.1. The number of hydrogen-bond acceptors (Lipinski definition) is 13. The fourth-order valence-electron chi connectivity index (χ4n) is 7.43. The Kier molecular flexibility index (Phi) is 19.1. The highest BCUT2D eigenvalue weighted by Crippen LogP contribution is 2.19. The van der Waals surface area contributed by atoms with E-state index in [1.54, 1.807) is 62.0 Å². The smallest absolute Gasteiger partial charge is 0.159 e. The highest BCUT2D eigenvalue weighted by Gasteiger charge is 2.06. The van der Waals surface area contributed by atoms with Crippen molar-refractivity contribution in [2.24, 2.45) is 0 Å². The van der Waals surface area contributed by atoms with Crippen LogP contribution in [0.3, 0.4) is 0 Å². The average molecular weight is 947 g/mol. The Labute approximate surface area is 418 Å². The Morgan fingerprint density at radius 1 is 0.347 bits per heavy atom. The van der Waals surface area contributed by atoms with Crippen LogP contribution in [0.5, 0.6) is 5.75 Å². The van der Waals surface area contributed by atoms with E-state index < -0.39 is 0 Å². The minimum Gasteiger partial charge on any atom is -0.492 e. The van der Waals surface area contributed by atoms with Crippen LogP contribution in [0.15, 0.2) is 232 Å². The van der Waals surface area contributed by atoms with Crippen LogP contribution in [0, 0.1) is 0 Å². The monoisotopic (exact) mass is 946 g/mol. The lowest BCUT2D eigenvalue weighted by molar-refractivity contribution is 0.326. The summed E-state index contributed by atoms with van der Waals surface area (Å²) < 4.78 is 5.49. The molecule has 11 heterocycles. The molecular formula is C59H54N12O. The molecule has 0 amide bonds. The molecule has 0 unspecified atom stereocenters. The molecule has 13 nitrogen and oxygen atoms in total. The zero-order valence-electron chi connectivity index (χ0n) is 39.8. The van der Waals surface area contributed by atoms with E-state index in [2.05, 4.69) is 91.0 Å². The van der Waals surface area contributed by atoms with Crippen LogP contribution in [-0.4, -0.2) is 76.3 Å². The third kappa shape index (κ3) is 15.5. The van der Waals surface area contributed by atoms with Gasteiger partial charge in [-0.15, -0.1) is 0 Å². The van der Waals surface area contributed by atoms with E-state index >= 15 is 0 Å². The third-order valence-corrected chi connectivity index (χ3v) is 11.1. The molecule has 12 aromatic rings. The molecule has 0 aliphatic carbocycles. The van der Waals surface area contributed by atoms with Gasteiger partial charge in [0.15, 0.2) is 5.65 Å². The number of pyridine rings is 8. The first-order valence-electron chi connectivity index (χ1n) is 23.7. The predicted octanol–water partition coefficient (Wildman–Crippen LogP) is 10.7. The molecule has 2 aliphatic rings. The van der Waals surface area contributed by atoms with Crippen molar-refractivity contribution in [1.82, 2.24) is 60.7 Å². The number of nitrogens with one attached hydrogen (secondary N) is 2. The molecule has 3 aromatic carbocycles. The summed E-state index contributed by atoms with van der Waals surface area (Å²) in [5.74, 6) is 1.03. The number of benzene rings is 3. The highest BCUT2D eigenvalue weighted by atomic mass is 16.5. The summed E-state index contributed by atoms with van der Waals surface area (Å²) in [6.07, 6.45) is 21.7. The van der Waals surface area contributed by atoms with E-state index in [1.807, 2.05) is 140 Å². The second kappa shape index (κ2) is 27.8. The van der Waals surface area contributed by atoms with Crippen molar-refractivity contribution in [3.63, 3.8) is 0 Å². The van der Waals surface area contributed by atoms with Gasteiger partial charge in [0, 0.05) is 96.0 Å². The van der Waals surface area contributed by atoms with Crippen molar-refractivity contribution < 1.29 is 4.74 Å². The van der Waals surface area contributed by atoms with Gasteiger partial charge >= 0.3 is 0 Å². The van der Waals surface area contributed by atoms with Gasteiger partial charge in [-0.3, -0.25) is 29.9 Å². The average Bonchev–Trinajstić information content (AvgIpc) is 3.88. The van der Waals surface area contributed by atoms with Crippen molar-refractivity contribution in [3.8, 4) is 5.75 Å². The molecule has 14 rings (SSSR count). The molecule has 0 fully saturated rings. The largest absolute Gasteiger partial charge is 0.492 e. The molecule has 0 spiro atoms. The maximum Gasteiger partial charge on any atom is 0.159 e. The normalized spacial score (nSPS) is 12.1. The fourth-order valence-corrected chi connectivity index (χ4v) is 7.43. The van der Waals surface area contributed by atoms with Crippen LogP contribution in [0.1, 0.15) is 16.7 Å². The van der Waals surface area contributed by atoms with Crippen molar-refractivity contribution >= 4 is 54.8 Å². The van der Waals surface area contributed by atoms with Crippen molar-refractivity contribution in [2.45, 2.75) is 19.4 Å². The van der Waals surface area contributed by atoms with Gasteiger partial charge in [-0.05, 0) is 134 Å². The molecule has 0 radical (unpaired) electrons. The Balaban J connectivity index is 0.000000112. The maximum atomic E-state index is 5.49. The fraction of sp³-hybridized carbons (Fsp3) is 0.119. The number of para-hydroxylation sites is 1. The Morgan fingerprint density at radius 2 is 0.861 bits per heavy atom. The van der Waals surface area contributed by atoms with Gasteiger partial charge in [0.2, 0.25) is 0 Å². The minimum atomic E-state index is 0.775. The molecule has 72 heavy (non-hydrogen) atoms. The molecule has 13 heteroatoms. The number of hydrogen-bond donors (Lipinski definition) is 2. The zero-order valence-corrected chi connectivity index (χ0v) is 39.8. The van der Waals surface area contributed by atoms with E-state index in [1.165, 1.54) is 29.5 Å². The lowest BCUT2D eigenvalue weighted by Gasteiger charge is -2.03. The molecule has 0 atom stereocenters. The molecule has 2 N–H and O–H groups in total. The molecule has 2 aliphatic heterocycles. The quantitative estimate of drug-likeness (QED) is 0.148. The molecular weight excluding hydrogens is 893 g/mol. The van der Waals surface area contributed by atoms with Crippen molar-refractivity contribution in [2.75, 3.05) is 26.2 Å². The van der Waals surface area contributed by atoms with Crippen LogP contribution in [0.25, 0.3) is 54.8 Å². The summed E-state index contributed by atoms with van der Waals surface area (Å²) >= 11 is 0. The molecule has 356 valence electrons. The van der Waals surface area contributed by atoms with Gasteiger partial charge in [-0.1, -0.05) is 66.7 Å². The van der Waals surface area contributed by atoms with Gasteiger partial charge in [0.1, 0.15) is 12.4 Å². The number of rotatable bonds is 0. The number of nitrogens with zero attached hydrogens (tertiary/aromatic N) is 10. The summed E-state index contributed by atoms with van der Waals surface area (Å²) in [7, 11) is 0. The Hall–Kier alpha value is -9.04. The number of aromatic nitrogens is 10. The minimum absolute atomic E-state index is 0.775. The zero-order chi connectivity index (χ0) is 49.1. The standard InChI is InChI=1S/C10H13N.C9H11NO.5C8H6N2/c1-2-4-10-6-8-11-7-5-9(10)3-1;1-2-4-9-8(3-1)7-10-5-6-11-9;1-3-7-8(9-5-1)4-2-6-10-7;1-3-7-4-2-6-10-8(7)9-5-1;1-2-7-6-9-5-3-8(7)10-4-1;1-2-7-3-5-9-6-8(7)10-4-1;1-2-4-8-7(3-1)5-6-9-10-8/h1-4,11H,5-8H2;1-4,10H,5-7H2;5*1-6H. The van der Waals surface area contributed by atoms with Gasteiger partial charge in [-0.2, -0.15) is 10.2 Å². The summed E-state index contributed by atoms with van der Waals surface area (Å²) in [6, 6.07) is 53.9. The van der Waals surface area contributed by atoms with Crippen LogP contribution < -0.4 is 15.4 Å². The molecule has 0 bridgehead atoms. The maximum absolute atomic E-state index is 5.49. The van der Waals surface area contributed by atoms with E-state index in [-0.39, 0.29) is 0 Å². The van der Waals surface area contributed by atoms with Gasteiger partial charge < -0.3 is 15.4 Å². The van der Waals surface area contributed by atoms with E-state index in [9.17, 15) is 0 Å². The summed E-state index contributed by atoms with van der Waals surface area (Å²) in [5, 5.41) is 18.8. The van der Waals surface area contributed by atoms with Crippen LogP contribution in [0.2, 0.25) is 0 Å². The first-order valence-corrected chi connectivity index (χ1v) is 23.7.